The van der Waals surface area contributed by atoms with Crippen LogP contribution in [0.25, 0.3) is 0 Å². The van der Waals surface area contributed by atoms with E-state index in [0.717, 1.165) is 5.56 Å². The highest BCUT2D eigenvalue weighted by atomic mass is 35.5. The van der Waals surface area contributed by atoms with E-state index < -0.39 is 22.0 Å². The molecule has 0 fully saturated rings. The molecule has 2 aromatic rings. The molecule has 0 radical (unpaired) electrons. The molecule has 0 bridgehead atoms. The summed E-state index contributed by atoms with van der Waals surface area (Å²) in [5.74, 6) is 0.208. The molecular weight excluding hydrogens is 417 g/mol. The van der Waals surface area contributed by atoms with Gasteiger partial charge in [0.1, 0.15) is 6.04 Å². The van der Waals surface area contributed by atoms with E-state index in [9.17, 15) is 13.2 Å². The van der Waals surface area contributed by atoms with Gasteiger partial charge in [-0.2, -0.15) is 16.5 Å². The molecule has 0 heterocycles. The van der Waals surface area contributed by atoms with Gasteiger partial charge in [0.05, 0.1) is 22.1 Å². The second-order valence-electron chi connectivity index (χ2n) is 5.27. The molecule has 0 amide bonds. The molecule has 0 saturated carbocycles. The maximum Gasteiger partial charge on any atom is 0.324 e. The summed E-state index contributed by atoms with van der Waals surface area (Å²) in [7, 11) is -2.74. The van der Waals surface area contributed by atoms with Gasteiger partial charge in [-0.1, -0.05) is 53.5 Å². The Morgan fingerprint density at radius 1 is 1.15 bits per heavy atom. The second-order valence-corrected chi connectivity index (χ2v) is 8.83. The number of benzene rings is 2. The molecule has 1 unspecified atom stereocenters. The van der Waals surface area contributed by atoms with Gasteiger partial charge < -0.3 is 4.74 Å². The largest absolute Gasteiger partial charge is 0.468 e. The third-order valence-corrected chi connectivity index (χ3v) is 6.70. The minimum absolute atomic E-state index is 0.0751. The highest BCUT2D eigenvalue weighted by molar-refractivity contribution is 7.98. The van der Waals surface area contributed by atoms with Crippen molar-refractivity contribution in [3.05, 3.63) is 64.1 Å². The van der Waals surface area contributed by atoms with Crippen molar-refractivity contribution in [2.24, 2.45) is 0 Å². The lowest BCUT2D eigenvalue weighted by molar-refractivity contribution is -0.141. The van der Waals surface area contributed by atoms with Crippen LogP contribution in [-0.4, -0.2) is 33.3 Å². The maximum absolute atomic E-state index is 12.5. The molecule has 0 aromatic heterocycles. The summed E-state index contributed by atoms with van der Waals surface area (Å²) >= 11 is 13.1. The molecule has 26 heavy (non-hydrogen) atoms. The van der Waals surface area contributed by atoms with Crippen molar-refractivity contribution in [3.8, 4) is 0 Å². The van der Waals surface area contributed by atoms with Crippen LogP contribution in [0.15, 0.2) is 53.4 Å². The first-order valence-corrected chi connectivity index (χ1v) is 10.9. The summed E-state index contributed by atoms with van der Waals surface area (Å²) in [5.41, 5.74) is 1.08. The number of hydrogen-bond donors (Lipinski definition) is 1. The molecule has 1 atom stereocenters. The summed E-state index contributed by atoms with van der Waals surface area (Å²) in [6, 6.07) is 12.6. The lowest BCUT2D eigenvalue weighted by Crippen LogP contribution is -2.43. The molecule has 0 aliphatic rings. The van der Waals surface area contributed by atoms with Crippen molar-refractivity contribution in [3.63, 3.8) is 0 Å². The Morgan fingerprint density at radius 2 is 1.85 bits per heavy atom. The fourth-order valence-electron chi connectivity index (χ4n) is 2.06. The third kappa shape index (κ3) is 5.89. The number of hydrogen-bond acceptors (Lipinski definition) is 5. The van der Waals surface area contributed by atoms with Crippen molar-refractivity contribution in [1.82, 2.24) is 4.72 Å². The number of esters is 1. The van der Waals surface area contributed by atoms with Gasteiger partial charge in [0.15, 0.2) is 0 Å². The van der Waals surface area contributed by atoms with E-state index in [1.54, 1.807) is 0 Å². The zero-order valence-electron chi connectivity index (χ0n) is 13.8. The third-order valence-electron chi connectivity index (χ3n) is 3.38. The summed E-state index contributed by atoms with van der Waals surface area (Å²) in [4.78, 5) is 11.9. The summed E-state index contributed by atoms with van der Waals surface area (Å²) in [6.45, 7) is 0. The first-order valence-electron chi connectivity index (χ1n) is 7.50. The van der Waals surface area contributed by atoms with Crippen LogP contribution in [0.1, 0.15) is 5.56 Å². The minimum atomic E-state index is -3.96. The van der Waals surface area contributed by atoms with Crippen LogP contribution in [0.5, 0.6) is 0 Å². The van der Waals surface area contributed by atoms with E-state index in [-0.39, 0.29) is 20.7 Å². The average Bonchev–Trinajstić information content (AvgIpc) is 2.63. The predicted octanol–water partition coefficient (Wildman–Crippen LogP) is 3.75. The first kappa shape index (κ1) is 21.1. The topological polar surface area (TPSA) is 72.5 Å². The second kappa shape index (κ2) is 9.62. The Balaban J connectivity index is 2.08. The number of carbonyl (C=O) groups is 1. The zero-order valence-corrected chi connectivity index (χ0v) is 17.0. The van der Waals surface area contributed by atoms with Crippen molar-refractivity contribution >= 4 is 51.0 Å². The lowest BCUT2D eigenvalue weighted by atomic mass is 10.2. The van der Waals surface area contributed by atoms with Gasteiger partial charge >= 0.3 is 5.97 Å². The molecular formula is C17H17Cl2NO4S2. The van der Waals surface area contributed by atoms with E-state index in [1.807, 2.05) is 30.3 Å². The molecule has 0 saturated heterocycles. The summed E-state index contributed by atoms with van der Waals surface area (Å²) in [6.07, 6.45) is 0. The minimum Gasteiger partial charge on any atom is -0.468 e. The van der Waals surface area contributed by atoms with E-state index >= 15 is 0 Å². The van der Waals surface area contributed by atoms with Crippen LogP contribution < -0.4 is 4.72 Å². The Labute approximate surface area is 167 Å². The predicted molar refractivity (Wildman–Crippen MR) is 105 cm³/mol. The summed E-state index contributed by atoms with van der Waals surface area (Å²) < 4.78 is 32.1. The van der Waals surface area contributed by atoms with Gasteiger partial charge in [0.25, 0.3) is 0 Å². The monoisotopic (exact) mass is 433 g/mol. The SMILES string of the molecule is COC(=O)C(CSCc1ccccc1)NS(=O)(=O)c1ccc(Cl)c(Cl)c1. The van der Waals surface area contributed by atoms with Crippen molar-refractivity contribution in [2.75, 3.05) is 12.9 Å². The molecule has 0 aliphatic carbocycles. The fraction of sp³-hybridized carbons (Fsp3) is 0.235. The number of rotatable bonds is 8. The van der Waals surface area contributed by atoms with Crippen molar-refractivity contribution in [2.45, 2.75) is 16.7 Å². The van der Waals surface area contributed by atoms with Crippen LogP contribution in [0.3, 0.4) is 0 Å². The van der Waals surface area contributed by atoms with Crippen molar-refractivity contribution < 1.29 is 17.9 Å². The smallest absolute Gasteiger partial charge is 0.324 e. The van der Waals surface area contributed by atoms with Gasteiger partial charge in [-0.05, 0) is 23.8 Å². The Morgan fingerprint density at radius 3 is 2.46 bits per heavy atom. The lowest BCUT2D eigenvalue weighted by Gasteiger charge is -2.16. The quantitative estimate of drug-likeness (QED) is 0.641. The normalized spacial score (nSPS) is 12.6. The summed E-state index contributed by atoms with van der Waals surface area (Å²) in [5, 5.41) is 0.358. The standard InChI is InChI=1S/C17H17Cl2NO4S2/c1-24-17(21)16(11-25-10-12-5-3-2-4-6-12)20-26(22,23)13-7-8-14(18)15(19)9-13/h2-9,16,20H,10-11H2,1H3. The fourth-order valence-corrected chi connectivity index (χ4v) is 4.74. The number of thioether (sulfide) groups is 1. The van der Waals surface area contributed by atoms with Crippen LogP contribution in [0.2, 0.25) is 10.0 Å². The number of carbonyl (C=O) groups excluding carboxylic acids is 1. The van der Waals surface area contributed by atoms with E-state index in [1.165, 1.54) is 37.1 Å². The van der Waals surface area contributed by atoms with Gasteiger partial charge in [0, 0.05) is 11.5 Å². The number of methoxy groups -OCH3 is 1. The average molecular weight is 434 g/mol. The number of ether oxygens (including phenoxy) is 1. The molecule has 2 aromatic carbocycles. The molecule has 0 spiro atoms. The number of halogens is 2. The van der Waals surface area contributed by atoms with E-state index in [2.05, 4.69) is 4.72 Å². The highest BCUT2D eigenvalue weighted by Gasteiger charge is 2.26. The maximum atomic E-state index is 12.5. The van der Waals surface area contributed by atoms with Gasteiger partial charge in [0.2, 0.25) is 10.0 Å². The molecule has 9 heteroatoms. The van der Waals surface area contributed by atoms with E-state index in [4.69, 9.17) is 27.9 Å². The first-order chi connectivity index (χ1) is 12.3. The molecule has 0 aliphatic heterocycles. The Kier molecular flexibility index (Phi) is 7.79. The van der Waals surface area contributed by atoms with Gasteiger partial charge in [-0.15, -0.1) is 0 Å². The van der Waals surface area contributed by atoms with Gasteiger partial charge in [-0.3, -0.25) is 4.79 Å². The Hall–Kier alpha value is -1.25. The molecule has 1 N–H and O–H groups in total. The van der Waals surface area contributed by atoms with E-state index in [0.29, 0.717) is 5.75 Å². The van der Waals surface area contributed by atoms with Gasteiger partial charge in [-0.25, -0.2) is 8.42 Å². The highest BCUT2D eigenvalue weighted by Crippen LogP contribution is 2.25. The van der Waals surface area contributed by atoms with Crippen molar-refractivity contribution in [1.29, 1.82) is 0 Å². The molecule has 2 rings (SSSR count). The Bertz CT molecular complexity index is 860. The molecule has 5 nitrogen and oxygen atoms in total. The zero-order chi connectivity index (χ0) is 19.2. The van der Waals surface area contributed by atoms with Crippen LogP contribution in [-0.2, 0) is 25.3 Å². The number of nitrogens with one attached hydrogen (secondary N) is 1. The van der Waals surface area contributed by atoms with Crippen LogP contribution in [0.4, 0.5) is 0 Å². The van der Waals surface area contributed by atoms with Crippen LogP contribution in [0, 0.1) is 0 Å². The molecule has 140 valence electrons. The number of sulfonamides is 1. The van der Waals surface area contributed by atoms with Crippen LogP contribution >= 0.6 is 35.0 Å².